The maximum Gasteiger partial charge on any atom is 0.191 e. The standard InChI is InChI=1S/C24H40O2S3Si2/c1-23(2,3)31(8,9)26-14-12-18-16-28-22-20(18)29-19-17(15-27-21(19)22)11-10-13-24(4,5)30(6,7)25/h15-16,25H,10-14H2,1-9H3. The molecule has 0 aromatic carbocycles. The predicted octanol–water partition coefficient (Wildman–Crippen LogP) is 9.04. The van der Waals surface area contributed by atoms with Crippen molar-refractivity contribution in [3.05, 3.63) is 21.9 Å². The zero-order valence-electron chi connectivity index (χ0n) is 20.8. The SMILES string of the molecule is CC(C)(CCCc1csc2c1sc1c(CCO[Si](C)(C)C(C)(C)C)csc12)[Si](C)(C)O. The Kier molecular flexibility index (Phi) is 7.40. The third kappa shape index (κ3) is 5.39. The average Bonchev–Trinajstić information content (AvgIpc) is 3.26. The summed E-state index contributed by atoms with van der Waals surface area (Å²) in [5.74, 6) is 0. The number of hydrogen-bond donors (Lipinski definition) is 1. The molecule has 0 aliphatic heterocycles. The van der Waals surface area contributed by atoms with E-state index in [0.29, 0.717) is 0 Å². The molecule has 3 aromatic heterocycles. The highest BCUT2D eigenvalue weighted by atomic mass is 32.1. The van der Waals surface area contributed by atoms with Crippen LogP contribution in [0.15, 0.2) is 10.8 Å². The Morgan fingerprint density at radius 2 is 1.35 bits per heavy atom. The molecule has 174 valence electrons. The first-order valence-electron chi connectivity index (χ1n) is 11.4. The van der Waals surface area contributed by atoms with Gasteiger partial charge in [-0.2, -0.15) is 0 Å². The van der Waals surface area contributed by atoms with E-state index in [0.717, 1.165) is 32.3 Å². The second-order valence-corrected chi connectivity index (χ2v) is 23.7. The van der Waals surface area contributed by atoms with Crippen LogP contribution in [0.3, 0.4) is 0 Å². The zero-order chi connectivity index (χ0) is 23.2. The Labute approximate surface area is 202 Å². The number of aryl methyl sites for hydroxylation is 1. The molecule has 0 unspecified atom stereocenters. The Morgan fingerprint density at radius 1 is 0.839 bits per heavy atom. The summed E-state index contributed by atoms with van der Waals surface area (Å²) in [4.78, 5) is 10.6. The van der Waals surface area contributed by atoms with E-state index in [2.05, 4.69) is 71.6 Å². The van der Waals surface area contributed by atoms with Crippen LogP contribution in [0.2, 0.25) is 36.3 Å². The fourth-order valence-corrected chi connectivity index (χ4v) is 9.41. The van der Waals surface area contributed by atoms with Gasteiger partial charge in [0, 0.05) is 6.61 Å². The van der Waals surface area contributed by atoms with Crippen molar-refractivity contribution in [2.45, 2.75) is 96.6 Å². The molecule has 0 spiro atoms. The second-order valence-electron chi connectivity index (χ2n) is 11.6. The Balaban J connectivity index is 1.70. The smallest absolute Gasteiger partial charge is 0.191 e. The van der Waals surface area contributed by atoms with Crippen molar-refractivity contribution < 1.29 is 9.22 Å². The van der Waals surface area contributed by atoms with Crippen molar-refractivity contribution in [1.29, 1.82) is 0 Å². The minimum Gasteiger partial charge on any atom is -0.432 e. The minimum absolute atomic E-state index is 0.0647. The number of fused-ring (bicyclic) bond motifs is 3. The van der Waals surface area contributed by atoms with E-state index in [9.17, 15) is 4.80 Å². The molecule has 0 atom stereocenters. The molecule has 0 radical (unpaired) electrons. The molecule has 3 rings (SSSR count). The lowest BCUT2D eigenvalue weighted by Gasteiger charge is -2.36. The van der Waals surface area contributed by atoms with Gasteiger partial charge in [-0.05, 0) is 83.8 Å². The molecule has 0 saturated carbocycles. The summed E-state index contributed by atoms with van der Waals surface area (Å²) in [7, 11) is -3.81. The van der Waals surface area contributed by atoms with Crippen molar-refractivity contribution in [2.24, 2.45) is 0 Å². The molecule has 2 nitrogen and oxygen atoms in total. The van der Waals surface area contributed by atoms with E-state index in [1.54, 1.807) is 0 Å². The van der Waals surface area contributed by atoms with Crippen molar-refractivity contribution in [2.75, 3.05) is 6.61 Å². The van der Waals surface area contributed by atoms with Crippen LogP contribution < -0.4 is 0 Å². The van der Waals surface area contributed by atoms with Crippen LogP contribution in [-0.2, 0) is 17.3 Å². The zero-order valence-corrected chi connectivity index (χ0v) is 25.2. The molecular formula is C24H40O2S3Si2. The van der Waals surface area contributed by atoms with E-state index < -0.39 is 16.6 Å². The average molecular weight is 513 g/mol. The molecule has 31 heavy (non-hydrogen) atoms. The van der Waals surface area contributed by atoms with Crippen molar-refractivity contribution >= 4 is 69.4 Å². The second kappa shape index (κ2) is 8.97. The van der Waals surface area contributed by atoms with Crippen LogP contribution in [0.5, 0.6) is 0 Å². The quantitative estimate of drug-likeness (QED) is 0.290. The highest BCUT2D eigenvalue weighted by Crippen LogP contribution is 2.46. The molecule has 0 aliphatic carbocycles. The van der Waals surface area contributed by atoms with E-state index in [1.165, 1.54) is 29.9 Å². The van der Waals surface area contributed by atoms with Crippen molar-refractivity contribution in [3.8, 4) is 0 Å². The summed E-state index contributed by atoms with van der Waals surface area (Å²) < 4.78 is 12.4. The van der Waals surface area contributed by atoms with E-state index >= 15 is 0 Å². The maximum absolute atomic E-state index is 10.6. The largest absolute Gasteiger partial charge is 0.432 e. The van der Waals surface area contributed by atoms with Crippen molar-refractivity contribution in [3.63, 3.8) is 0 Å². The van der Waals surface area contributed by atoms with Crippen molar-refractivity contribution in [1.82, 2.24) is 0 Å². The third-order valence-electron chi connectivity index (χ3n) is 7.59. The number of thiophene rings is 3. The molecule has 0 bridgehead atoms. The Morgan fingerprint density at radius 3 is 1.84 bits per heavy atom. The van der Waals surface area contributed by atoms with Gasteiger partial charge in [0.1, 0.15) is 0 Å². The summed E-state index contributed by atoms with van der Waals surface area (Å²) in [5, 5.41) is 5.05. The first-order valence-corrected chi connectivity index (χ1v) is 19.8. The first kappa shape index (κ1) is 25.6. The summed E-state index contributed by atoms with van der Waals surface area (Å²) in [6, 6.07) is 0. The normalized spacial score (nSPS) is 14.3. The van der Waals surface area contributed by atoms with Gasteiger partial charge < -0.3 is 9.22 Å². The van der Waals surface area contributed by atoms with Gasteiger partial charge in [-0.3, -0.25) is 0 Å². The highest BCUT2D eigenvalue weighted by Gasteiger charge is 2.38. The topological polar surface area (TPSA) is 29.5 Å². The fraction of sp³-hybridized carbons (Fsp3) is 0.667. The van der Waals surface area contributed by atoms with Crippen LogP contribution in [0.4, 0.5) is 0 Å². The maximum atomic E-state index is 10.6. The predicted molar refractivity (Wildman–Crippen MR) is 149 cm³/mol. The van der Waals surface area contributed by atoms with Gasteiger partial charge in [0.25, 0.3) is 0 Å². The van der Waals surface area contributed by atoms with Crippen LogP contribution in [0.1, 0.15) is 58.6 Å². The van der Waals surface area contributed by atoms with Crippen LogP contribution in [0.25, 0.3) is 18.8 Å². The third-order valence-corrected chi connectivity index (χ3v) is 19.5. The fourth-order valence-electron chi connectivity index (χ4n) is 3.41. The summed E-state index contributed by atoms with van der Waals surface area (Å²) in [6.45, 7) is 21.0. The van der Waals surface area contributed by atoms with Gasteiger partial charge in [0.15, 0.2) is 16.6 Å². The molecule has 3 heterocycles. The van der Waals surface area contributed by atoms with Gasteiger partial charge >= 0.3 is 0 Å². The van der Waals surface area contributed by atoms with Gasteiger partial charge in [-0.25, -0.2) is 0 Å². The van der Waals surface area contributed by atoms with Gasteiger partial charge in [-0.1, -0.05) is 34.6 Å². The monoisotopic (exact) mass is 512 g/mol. The number of rotatable bonds is 9. The highest BCUT2D eigenvalue weighted by molar-refractivity contribution is 7.38. The van der Waals surface area contributed by atoms with Crippen LogP contribution in [-0.4, -0.2) is 28.0 Å². The van der Waals surface area contributed by atoms with Gasteiger partial charge in [0.05, 0.1) is 18.8 Å². The molecule has 0 aliphatic rings. The first-order chi connectivity index (χ1) is 14.1. The lowest BCUT2D eigenvalue weighted by Crippen LogP contribution is -2.41. The molecule has 0 amide bonds. The van der Waals surface area contributed by atoms with Crippen LogP contribution in [0, 0.1) is 0 Å². The van der Waals surface area contributed by atoms with Gasteiger partial charge in [-0.15, -0.1) is 34.0 Å². The molecule has 0 saturated heterocycles. The summed E-state index contributed by atoms with van der Waals surface area (Å²) >= 11 is 5.81. The number of hydrogen-bond acceptors (Lipinski definition) is 5. The minimum atomic E-state index is -2.12. The molecule has 0 fully saturated rings. The van der Waals surface area contributed by atoms with Crippen LogP contribution >= 0.6 is 34.0 Å². The van der Waals surface area contributed by atoms with E-state index in [1.807, 2.05) is 34.0 Å². The van der Waals surface area contributed by atoms with E-state index in [-0.39, 0.29) is 10.1 Å². The Hall–Kier alpha value is -0.0262. The molecule has 1 N–H and O–H groups in total. The van der Waals surface area contributed by atoms with E-state index in [4.69, 9.17) is 4.43 Å². The molecule has 3 aromatic rings. The molecule has 7 heteroatoms. The lowest BCUT2D eigenvalue weighted by atomic mass is 10.0. The lowest BCUT2D eigenvalue weighted by molar-refractivity contribution is 0.292. The Bertz CT molecular complexity index is 948. The molecular weight excluding hydrogens is 473 g/mol. The van der Waals surface area contributed by atoms with Gasteiger partial charge in [0.2, 0.25) is 0 Å². The summed E-state index contributed by atoms with van der Waals surface area (Å²) in [5.41, 5.74) is 2.97. The summed E-state index contributed by atoms with van der Waals surface area (Å²) in [6.07, 6.45) is 4.37.